The van der Waals surface area contributed by atoms with Gasteiger partial charge in [-0.2, -0.15) is 0 Å². The Morgan fingerprint density at radius 1 is 1.53 bits per heavy atom. The van der Waals surface area contributed by atoms with E-state index in [1.165, 1.54) is 12.8 Å². The van der Waals surface area contributed by atoms with E-state index in [2.05, 4.69) is 4.98 Å². The molecule has 1 aliphatic rings. The van der Waals surface area contributed by atoms with Crippen LogP contribution in [0.15, 0.2) is 6.07 Å². The molecule has 0 aliphatic heterocycles. The minimum Gasteiger partial charge on any atom is -0.477 e. The quantitative estimate of drug-likeness (QED) is 0.604. The summed E-state index contributed by atoms with van der Waals surface area (Å²) in [5, 5.41) is 7.58. The number of aryl methyl sites for hydroxylation is 2. The minimum absolute atomic E-state index is 0.0245. The zero-order valence-corrected chi connectivity index (χ0v) is 10.4. The number of nitrogens with two attached hydrogens (primary N) is 1. The maximum atomic E-state index is 7.58. The summed E-state index contributed by atoms with van der Waals surface area (Å²) >= 11 is 0. The van der Waals surface area contributed by atoms with Gasteiger partial charge in [-0.25, -0.2) is 4.98 Å². The number of amidine groups is 1. The fraction of sp³-hybridized carbons (Fsp3) is 0.538. The number of pyridine rings is 1. The third-order valence-electron chi connectivity index (χ3n) is 3.04. The molecule has 1 aromatic heterocycles. The molecule has 1 aliphatic carbocycles. The van der Waals surface area contributed by atoms with E-state index in [1.54, 1.807) is 0 Å². The van der Waals surface area contributed by atoms with Crippen LogP contribution in [0.4, 0.5) is 0 Å². The van der Waals surface area contributed by atoms with E-state index in [4.69, 9.17) is 15.9 Å². The van der Waals surface area contributed by atoms with Gasteiger partial charge in [0.1, 0.15) is 5.84 Å². The molecule has 1 aromatic rings. The smallest absolute Gasteiger partial charge is 0.224 e. The van der Waals surface area contributed by atoms with Crippen LogP contribution < -0.4 is 10.5 Å². The first-order valence-electron chi connectivity index (χ1n) is 6.03. The van der Waals surface area contributed by atoms with Crippen LogP contribution in [0.25, 0.3) is 0 Å². The van der Waals surface area contributed by atoms with Gasteiger partial charge in [-0.3, -0.25) is 5.41 Å². The molecule has 0 spiro atoms. The average molecular weight is 233 g/mol. The highest BCUT2D eigenvalue weighted by atomic mass is 16.5. The number of ether oxygens (including phenoxy) is 1. The standard InChI is InChI=1S/C13H19N3O/c1-8-7-9(2)16-13(11(8)12(14)15)17-6-5-10-3-4-10/h7,10H,3-6H2,1-2H3,(H3,14,15). The van der Waals surface area contributed by atoms with Crippen molar-refractivity contribution in [3.05, 3.63) is 22.9 Å². The van der Waals surface area contributed by atoms with Gasteiger partial charge in [-0.05, 0) is 37.8 Å². The molecule has 0 atom stereocenters. The molecule has 92 valence electrons. The summed E-state index contributed by atoms with van der Waals surface area (Å²) < 4.78 is 5.68. The van der Waals surface area contributed by atoms with Crippen LogP contribution in [0.5, 0.6) is 5.88 Å². The Labute approximate surface area is 102 Å². The second-order valence-corrected chi connectivity index (χ2v) is 4.75. The number of aromatic nitrogens is 1. The molecule has 0 unspecified atom stereocenters. The molecule has 3 N–H and O–H groups in total. The first kappa shape index (κ1) is 11.9. The summed E-state index contributed by atoms with van der Waals surface area (Å²) in [7, 11) is 0. The molecule has 4 heteroatoms. The number of hydrogen-bond acceptors (Lipinski definition) is 3. The summed E-state index contributed by atoms with van der Waals surface area (Å²) in [4.78, 5) is 4.33. The van der Waals surface area contributed by atoms with Gasteiger partial charge in [0, 0.05) is 5.69 Å². The van der Waals surface area contributed by atoms with Gasteiger partial charge >= 0.3 is 0 Å². The van der Waals surface area contributed by atoms with Crippen molar-refractivity contribution in [2.45, 2.75) is 33.1 Å². The number of nitrogens with one attached hydrogen (secondary N) is 1. The van der Waals surface area contributed by atoms with Crippen molar-refractivity contribution in [3.63, 3.8) is 0 Å². The van der Waals surface area contributed by atoms with Crippen LogP contribution in [-0.4, -0.2) is 17.4 Å². The lowest BCUT2D eigenvalue weighted by Crippen LogP contribution is -2.16. The Bertz CT molecular complexity index is 439. The summed E-state index contributed by atoms with van der Waals surface area (Å²) in [6, 6.07) is 1.92. The lowest BCUT2D eigenvalue weighted by molar-refractivity contribution is 0.290. The highest BCUT2D eigenvalue weighted by Gasteiger charge is 2.21. The van der Waals surface area contributed by atoms with E-state index in [-0.39, 0.29) is 5.84 Å². The monoisotopic (exact) mass is 233 g/mol. The van der Waals surface area contributed by atoms with E-state index in [0.29, 0.717) is 18.1 Å². The van der Waals surface area contributed by atoms with Crippen LogP contribution in [0.1, 0.15) is 36.1 Å². The molecule has 4 nitrogen and oxygen atoms in total. The van der Waals surface area contributed by atoms with Gasteiger partial charge in [0.25, 0.3) is 0 Å². The number of nitrogens with zero attached hydrogens (tertiary/aromatic N) is 1. The van der Waals surface area contributed by atoms with E-state index < -0.39 is 0 Å². The molecule has 17 heavy (non-hydrogen) atoms. The molecule has 0 aromatic carbocycles. The van der Waals surface area contributed by atoms with Gasteiger partial charge in [0.15, 0.2) is 0 Å². The van der Waals surface area contributed by atoms with Crippen LogP contribution >= 0.6 is 0 Å². The molecular formula is C13H19N3O. The summed E-state index contributed by atoms with van der Waals surface area (Å²) in [6.07, 6.45) is 3.72. The van der Waals surface area contributed by atoms with Crippen molar-refractivity contribution in [1.82, 2.24) is 4.98 Å². The zero-order chi connectivity index (χ0) is 12.4. The SMILES string of the molecule is Cc1cc(C)c(C(=N)N)c(OCCC2CC2)n1. The second-order valence-electron chi connectivity index (χ2n) is 4.75. The van der Waals surface area contributed by atoms with Gasteiger partial charge in [0.05, 0.1) is 12.2 Å². The van der Waals surface area contributed by atoms with Crippen LogP contribution in [0.3, 0.4) is 0 Å². The fourth-order valence-corrected chi connectivity index (χ4v) is 1.96. The first-order chi connectivity index (χ1) is 8.08. The summed E-state index contributed by atoms with van der Waals surface area (Å²) in [5.74, 6) is 1.37. The Balaban J connectivity index is 2.14. The van der Waals surface area contributed by atoms with Crippen molar-refractivity contribution in [1.29, 1.82) is 5.41 Å². The van der Waals surface area contributed by atoms with Crippen molar-refractivity contribution < 1.29 is 4.74 Å². The Hall–Kier alpha value is -1.58. The van der Waals surface area contributed by atoms with E-state index in [9.17, 15) is 0 Å². The maximum Gasteiger partial charge on any atom is 0.224 e. The van der Waals surface area contributed by atoms with Crippen molar-refractivity contribution in [3.8, 4) is 5.88 Å². The van der Waals surface area contributed by atoms with E-state index in [0.717, 1.165) is 23.6 Å². The highest BCUT2D eigenvalue weighted by Crippen LogP contribution is 2.32. The topological polar surface area (TPSA) is 72.0 Å². The number of hydrogen-bond donors (Lipinski definition) is 2. The fourth-order valence-electron chi connectivity index (χ4n) is 1.96. The van der Waals surface area contributed by atoms with Crippen molar-refractivity contribution in [2.24, 2.45) is 11.7 Å². The molecule has 0 bridgehead atoms. The van der Waals surface area contributed by atoms with Crippen LogP contribution in [0, 0.1) is 25.2 Å². The summed E-state index contributed by atoms with van der Waals surface area (Å²) in [6.45, 7) is 4.52. The second kappa shape index (κ2) is 4.73. The normalized spacial score (nSPS) is 14.7. The Morgan fingerprint density at radius 3 is 2.82 bits per heavy atom. The molecule has 2 rings (SSSR count). The number of nitrogen functional groups attached to an aromatic ring is 1. The van der Waals surface area contributed by atoms with Crippen LogP contribution in [-0.2, 0) is 0 Å². The average Bonchev–Trinajstić information content (AvgIpc) is 2.99. The maximum absolute atomic E-state index is 7.58. The highest BCUT2D eigenvalue weighted by molar-refractivity contribution is 5.98. The molecule has 1 saturated carbocycles. The van der Waals surface area contributed by atoms with Gasteiger partial charge in [0.2, 0.25) is 5.88 Å². The minimum atomic E-state index is 0.0245. The largest absolute Gasteiger partial charge is 0.477 e. The lowest BCUT2D eigenvalue weighted by atomic mass is 10.1. The Morgan fingerprint density at radius 2 is 2.24 bits per heavy atom. The first-order valence-corrected chi connectivity index (χ1v) is 6.03. The van der Waals surface area contributed by atoms with Gasteiger partial charge in [-0.1, -0.05) is 12.8 Å². The Kier molecular flexibility index (Phi) is 3.31. The predicted octanol–water partition coefficient (Wildman–Crippen LogP) is 2.16. The zero-order valence-electron chi connectivity index (χ0n) is 10.4. The van der Waals surface area contributed by atoms with E-state index >= 15 is 0 Å². The van der Waals surface area contributed by atoms with Crippen LogP contribution in [0.2, 0.25) is 0 Å². The third kappa shape index (κ3) is 2.96. The predicted molar refractivity (Wildman–Crippen MR) is 67.6 cm³/mol. The molecule has 0 amide bonds. The molecule has 0 saturated heterocycles. The summed E-state index contributed by atoms with van der Waals surface area (Å²) in [5.41, 5.74) is 8.05. The lowest BCUT2D eigenvalue weighted by Gasteiger charge is -2.12. The van der Waals surface area contributed by atoms with Crippen molar-refractivity contribution >= 4 is 5.84 Å². The molecule has 0 radical (unpaired) electrons. The molecule has 1 heterocycles. The van der Waals surface area contributed by atoms with Gasteiger partial charge in [-0.15, -0.1) is 0 Å². The van der Waals surface area contributed by atoms with E-state index in [1.807, 2.05) is 19.9 Å². The van der Waals surface area contributed by atoms with Crippen molar-refractivity contribution in [2.75, 3.05) is 6.61 Å². The molecular weight excluding hydrogens is 214 g/mol. The van der Waals surface area contributed by atoms with Gasteiger partial charge < -0.3 is 10.5 Å². The number of rotatable bonds is 5. The molecule has 1 fully saturated rings. The third-order valence-corrected chi connectivity index (χ3v) is 3.04.